The number of hydrogen-bond acceptors (Lipinski definition) is 2. The molecule has 0 aliphatic rings. The molecule has 0 unspecified atom stereocenters. The number of halogens is 1. The Morgan fingerprint density at radius 2 is 2.50 bits per heavy atom. The molecule has 0 aliphatic carbocycles. The van der Waals surface area contributed by atoms with Crippen molar-refractivity contribution < 1.29 is 0 Å². The second kappa shape index (κ2) is 1.97. The van der Waals surface area contributed by atoms with Gasteiger partial charge in [0.05, 0.1) is 4.70 Å². The summed E-state index contributed by atoms with van der Waals surface area (Å²) in [6, 6.07) is 2.01. The molecule has 2 heterocycles. The second-order valence-corrected chi connectivity index (χ2v) is 3.69. The topological polar surface area (TPSA) is 17.8 Å². The fourth-order valence-electron chi connectivity index (χ4n) is 0.909. The van der Waals surface area contributed by atoms with Crippen molar-refractivity contribution in [3.63, 3.8) is 0 Å². The van der Waals surface area contributed by atoms with Gasteiger partial charge in [-0.05, 0) is 6.07 Å². The van der Waals surface area contributed by atoms with Crippen molar-refractivity contribution in [1.29, 1.82) is 0 Å². The van der Waals surface area contributed by atoms with E-state index >= 15 is 0 Å². The van der Waals surface area contributed by atoms with Crippen molar-refractivity contribution in [2.75, 3.05) is 0 Å². The first kappa shape index (κ1) is 6.19. The van der Waals surface area contributed by atoms with Crippen LogP contribution in [0.1, 0.15) is 0 Å². The summed E-state index contributed by atoms with van der Waals surface area (Å²) in [4.78, 5) is 4.12. The molecule has 2 aromatic heterocycles. The minimum atomic E-state index is 0.612. The fraction of sp³-hybridized carbons (Fsp3) is 0.167. The molecule has 0 aromatic carbocycles. The lowest BCUT2D eigenvalue weighted by molar-refractivity contribution is 0.951. The van der Waals surface area contributed by atoms with E-state index < -0.39 is 0 Å². The van der Waals surface area contributed by atoms with E-state index in [-0.39, 0.29) is 0 Å². The van der Waals surface area contributed by atoms with E-state index in [0.717, 1.165) is 10.3 Å². The van der Waals surface area contributed by atoms with Crippen molar-refractivity contribution in [3.05, 3.63) is 16.7 Å². The molecule has 4 heteroatoms. The van der Waals surface area contributed by atoms with Gasteiger partial charge in [-0.25, -0.2) is 4.98 Å². The summed E-state index contributed by atoms with van der Waals surface area (Å²) < 4.78 is 3.71. The van der Waals surface area contributed by atoms with Gasteiger partial charge in [0.1, 0.15) is 0 Å². The van der Waals surface area contributed by atoms with E-state index in [0.29, 0.717) is 4.47 Å². The lowest BCUT2D eigenvalue weighted by atomic mass is 10.6. The molecule has 0 saturated carbocycles. The van der Waals surface area contributed by atoms with E-state index in [4.69, 9.17) is 11.6 Å². The van der Waals surface area contributed by atoms with E-state index in [9.17, 15) is 0 Å². The Hall–Kier alpha value is -0.540. The molecule has 2 aromatic rings. The van der Waals surface area contributed by atoms with Gasteiger partial charge in [0.15, 0.2) is 10.1 Å². The van der Waals surface area contributed by atoms with Crippen LogP contribution in [0.5, 0.6) is 0 Å². The third kappa shape index (κ3) is 0.744. The number of aryl methyl sites for hydroxylation is 1. The molecule has 0 bridgehead atoms. The van der Waals surface area contributed by atoms with Crippen LogP contribution >= 0.6 is 22.9 Å². The molecule has 0 amide bonds. The van der Waals surface area contributed by atoms with Crippen LogP contribution in [0.3, 0.4) is 0 Å². The largest absolute Gasteiger partial charge is 0.335 e. The van der Waals surface area contributed by atoms with E-state index in [1.807, 2.05) is 23.9 Å². The van der Waals surface area contributed by atoms with Crippen LogP contribution < -0.4 is 0 Å². The third-order valence-electron chi connectivity index (χ3n) is 1.39. The minimum Gasteiger partial charge on any atom is -0.335 e. The second-order valence-electron chi connectivity index (χ2n) is 2.08. The average Bonchev–Trinajstić information content (AvgIpc) is 2.35. The predicted octanol–water partition coefficient (Wildman–Crippen LogP) is 2.29. The van der Waals surface area contributed by atoms with Gasteiger partial charge in [0.2, 0.25) is 0 Å². The molecule has 52 valence electrons. The molecule has 0 fully saturated rings. The normalized spacial score (nSPS) is 11.0. The Kier molecular flexibility index (Phi) is 1.22. The van der Waals surface area contributed by atoms with Crippen LogP contribution in [-0.4, -0.2) is 9.55 Å². The standard InChI is InChI=1S/C6H5ClN2S/c1-9-3-2-4-5(9)8-6(7)10-4/h2-3H,1H3. The first-order valence-electron chi connectivity index (χ1n) is 2.85. The van der Waals surface area contributed by atoms with Crippen LogP contribution in [0.2, 0.25) is 4.47 Å². The van der Waals surface area contributed by atoms with Crippen LogP contribution in [0.4, 0.5) is 0 Å². The van der Waals surface area contributed by atoms with Crippen molar-refractivity contribution in [1.82, 2.24) is 9.55 Å². The van der Waals surface area contributed by atoms with Crippen LogP contribution in [0.25, 0.3) is 10.3 Å². The SMILES string of the molecule is Cn1ccc2sc(Cl)nc21. The van der Waals surface area contributed by atoms with Crippen LogP contribution in [-0.2, 0) is 7.05 Å². The zero-order valence-corrected chi connectivity index (χ0v) is 6.91. The van der Waals surface area contributed by atoms with Gasteiger partial charge in [-0.1, -0.05) is 11.6 Å². The number of aromatic nitrogens is 2. The maximum Gasteiger partial charge on any atom is 0.186 e. The van der Waals surface area contributed by atoms with Gasteiger partial charge < -0.3 is 4.57 Å². The molecule has 10 heavy (non-hydrogen) atoms. The smallest absolute Gasteiger partial charge is 0.186 e. The number of fused-ring (bicyclic) bond motifs is 1. The predicted molar refractivity (Wildman–Crippen MR) is 43.6 cm³/mol. The highest BCUT2D eigenvalue weighted by atomic mass is 35.5. The number of thiazole rings is 1. The molecule has 0 radical (unpaired) electrons. The molecule has 0 atom stereocenters. The number of nitrogens with zero attached hydrogens (tertiary/aromatic N) is 2. The van der Waals surface area contributed by atoms with Crippen LogP contribution in [0.15, 0.2) is 12.3 Å². The van der Waals surface area contributed by atoms with Gasteiger partial charge in [-0.15, -0.1) is 11.3 Å². The minimum absolute atomic E-state index is 0.612. The molecule has 0 N–H and O–H groups in total. The summed E-state index contributed by atoms with van der Waals surface area (Å²) in [5.41, 5.74) is 0.968. The first-order valence-corrected chi connectivity index (χ1v) is 4.04. The summed E-state index contributed by atoms with van der Waals surface area (Å²) in [5.74, 6) is 0. The lowest BCUT2D eigenvalue weighted by Gasteiger charge is -1.85. The lowest BCUT2D eigenvalue weighted by Crippen LogP contribution is -1.82. The molecule has 0 aliphatic heterocycles. The van der Waals surface area contributed by atoms with Crippen molar-refractivity contribution in [2.45, 2.75) is 0 Å². The molecule has 2 rings (SSSR count). The first-order chi connectivity index (χ1) is 4.77. The monoisotopic (exact) mass is 172 g/mol. The number of rotatable bonds is 0. The summed E-state index contributed by atoms with van der Waals surface area (Å²) in [7, 11) is 1.96. The Morgan fingerprint density at radius 1 is 1.70 bits per heavy atom. The molecular formula is C6H5ClN2S. The maximum atomic E-state index is 5.69. The molecule has 0 spiro atoms. The van der Waals surface area contributed by atoms with Crippen molar-refractivity contribution >= 4 is 33.3 Å². The van der Waals surface area contributed by atoms with Gasteiger partial charge in [0.25, 0.3) is 0 Å². The quantitative estimate of drug-likeness (QED) is 0.596. The summed E-state index contributed by atoms with van der Waals surface area (Å²) in [5, 5.41) is 0. The Balaban J connectivity index is 2.90. The Labute approximate surface area is 67.1 Å². The van der Waals surface area contributed by atoms with E-state index in [1.165, 1.54) is 11.3 Å². The Morgan fingerprint density at radius 3 is 3.20 bits per heavy atom. The average molecular weight is 173 g/mol. The molecule has 2 nitrogen and oxygen atoms in total. The summed E-state index contributed by atoms with van der Waals surface area (Å²) in [6.07, 6.45) is 1.98. The highest BCUT2D eigenvalue weighted by molar-refractivity contribution is 7.22. The molecular weight excluding hydrogens is 168 g/mol. The zero-order valence-electron chi connectivity index (χ0n) is 5.34. The zero-order chi connectivity index (χ0) is 7.14. The van der Waals surface area contributed by atoms with Crippen molar-refractivity contribution in [2.24, 2.45) is 7.05 Å². The van der Waals surface area contributed by atoms with Gasteiger partial charge in [-0.3, -0.25) is 0 Å². The van der Waals surface area contributed by atoms with E-state index in [1.54, 1.807) is 0 Å². The third-order valence-corrected chi connectivity index (χ3v) is 2.51. The van der Waals surface area contributed by atoms with Crippen molar-refractivity contribution in [3.8, 4) is 0 Å². The number of hydrogen-bond donors (Lipinski definition) is 0. The highest BCUT2D eigenvalue weighted by Gasteiger charge is 2.02. The molecule has 0 saturated heterocycles. The maximum absolute atomic E-state index is 5.69. The fourth-order valence-corrected chi connectivity index (χ4v) is 1.96. The van der Waals surface area contributed by atoms with E-state index in [2.05, 4.69) is 4.98 Å². The Bertz CT molecular complexity index is 363. The summed E-state index contributed by atoms with van der Waals surface area (Å²) in [6.45, 7) is 0. The van der Waals surface area contributed by atoms with Gasteiger partial charge >= 0.3 is 0 Å². The van der Waals surface area contributed by atoms with Gasteiger partial charge in [0, 0.05) is 13.2 Å². The van der Waals surface area contributed by atoms with Gasteiger partial charge in [-0.2, -0.15) is 0 Å². The van der Waals surface area contributed by atoms with Crippen LogP contribution in [0, 0.1) is 0 Å². The highest BCUT2D eigenvalue weighted by Crippen LogP contribution is 2.25. The summed E-state index contributed by atoms with van der Waals surface area (Å²) >= 11 is 7.20.